The summed E-state index contributed by atoms with van der Waals surface area (Å²) in [6, 6.07) is 3.74. The largest absolute Gasteiger partial charge is 0.508 e. The Balaban J connectivity index is 2.24. The lowest BCUT2D eigenvalue weighted by molar-refractivity contribution is -0.121. The van der Waals surface area contributed by atoms with E-state index in [4.69, 9.17) is 0 Å². The van der Waals surface area contributed by atoms with E-state index in [-0.39, 0.29) is 29.5 Å². The summed E-state index contributed by atoms with van der Waals surface area (Å²) in [5.74, 6) is -0.987. The molecule has 1 aromatic rings. The summed E-state index contributed by atoms with van der Waals surface area (Å²) >= 11 is 0. The Kier molecular flexibility index (Phi) is 3.36. The molecule has 96 valence electrons. The second-order valence-corrected chi connectivity index (χ2v) is 4.13. The highest BCUT2D eigenvalue weighted by Crippen LogP contribution is 2.23. The summed E-state index contributed by atoms with van der Waals surface area (Å²) in [6.07, 6.45) is 0.664. The van der Waals surface area contributed by atoms with Crippen LogP contribution in [0.4, 0.5) is 0 Å². The summed E-state index contributed by atoms with van der Waals surface area (Å²) < 4.78 is 0. The molecule has 1 aliphatic rings. The van der Waals surface area contributed by atoms with Crippen molar-refractivity contribution in [3.05, 3.63) is 23.8 Å². The highest BCUT2D eigenvalue weighted by Gasteiger charge is 2.23. The summed E-state index contributed by atoms with van der Waals surface area (Å²) in [4.78, 5) is 24.9. The first-order valence-corrected chi connectivity index (χ1v) is 5.66. The van der Waals surface area contributed by atoms with E-state index in [0.29, 0.717) is 19.5 Å². The number of phenols is 2. The maximum absolute atomic E-state index is 12.1. The number of carbonyl (C=O) groups excluding carboxylic acids is 2. The molecule has 0 spiro atoms. The van der Waals surface area contributed by atoms with E-state index >= 15 is 0 Å². The second kappa shape index (κ2) is 4.95. The normalized spacial score (nSPS) is 16.0. The molecule has 18 heavy (non-hydrogen) atoms. The summed E-state index contributed by atoms with van der Waals surface area (Å²) in [7, 11) is 0. The van der Waals surface area contributed by atoms with Crippen LogP contribution < -0.4 is 5.32 Å². The van der Waals surface area contributed by atoms with Gasteiger partial charge in [-0.1, -0.05) is 0 Å². The van der Waals surface area contributed by atoms with Gasteiger partial charge in [0.2, 0.25) is 5.91 Å². The lowest BCUT2D eigenvalue weighted by Crippen LogP contribution is -2.37. The maximum atomic E-state index is 12.1. The standard InChI is InChI=1S/C12H14N2O4/c15-8-2-3-10(16)9(6-8)12(18)14-5-1-4-13-11(17)7-14/h2-3,6,15-16H,1,4-5,7H2,(H,13,17). The fourth-order valence-electron chi connectivity index (χ4n) is 1.85. The Morgan fingerprint density at radius 3 is 2.89 bits per heavy atom. The third kappa shape index (κ3) is 2.53. The average molecular weight is 250 g/mol. The van der Waals surface area contributed by atoms with E-state index in [9.17, 15) is 19.8 Å². The van der Waals surface area contributed by atoms with E-state index in [1.807, 2.05) is 0 Å². The van der Waals surface area contributed by atoms with Crippen molar-refractivity contribution in [2.75, 3.05) is 19.6 Å². The number of hydrogen-bond acceptors (Lipinski definition) is 4. The van der Waals surface area contributed by atoms with Gasteiger partial charge in [0.15, 0.2) is 0 Å². The molecule has 0 unspecified atom stereocenters. The number of benzene rings is 1. The van der Waals surface area contributed by atoms with Crippen molar-refractivity contribution >= 4 is 11.8 Å². The highest BCUT2D eigenvalue weighted by atomic mass is 16.3. The fourth-order valence-corrected chi connectivity index (χ4v) is 1.85. The van der Waals surface area contributed by atoms with E-state index < -0.39 is 5.91 Å². The van der Waals surface area contributed by atoms with Crippen molar-refractivity contribution in [2.24, 2.45) is 0 Å². The number of phenolic OH excluding ortho intramolecular Hbond substituents is 2. The minimum Gasteiger partial charge on any atom is -0.508 e. The van der Waals surface area contributed by atoms with Crippen LogP contribution in [0.2, 0.25) is 0 Å². The molecular weight excluding hydrogens is 236 g/mol. The summed E-state index contributed by atoms with van der Waals surface area (Å²) in [5, 5.41) is 21.6. The number of rotatable bonds is 1. The summed E-state index contributed by atoms with van der Waals surface area (Å²) in [5.41, 5.74) is 0.00435. The number of hydrogen-bond donors (Lipinski definition) is 3. The van der Waals surface area contributed by atoms with E-state index in [0.717, 1.165) is 0 Å². The van der Waals surface area contributed by atoms with Crippen LogP contribution in [0.3, 0.4) is 0 Å². The lowest BCUT2D eigenvalue weighted by Gasteiger charge is -2.19. The van der Waals surface area contributed by atoms with Gasteiger partial charge in [-0.05, 0) is 24.6 Å². The van der Waals surface area contributed by atoms with Gasteiger partial charge in [-0.25, -0.2) is 0 Å². The monoisotopic (exact) mass is 250 g/mol. The highest BCUT2D eigenvalue weighted by molar-refractivity contribution is 5.99. The molecule has 3 N–H and O–H groups in total. The molecule has 0 saturated carbocycles. The van der Waals surface area contributed by atoms with Crippen molar-refractivity contribution in [3.8, 4) is 11.5 Å². The molecule has 1 saturated heterocycles. The van der Waals surface area contributed by atoms with Gasteiger partial charge < -0.3 is 20.4 Å². The molecule has 0 aromatic heterocycles. The van der Waals surface area contributed by atoms with Gasteiger partial charge >= 0.3 is 0 Å². The molecule has 1 heterocycles. The first kappa shape index (κ1) is 12.2. The van der Waals surface area contributed by atoms with E-state index in [1.54, 1.807) is 0 Å². The fraction of sp³-hybridized carbons (Fsp3) is 0.333. The van der Waals surface area contributed by atoms with Gasteiger partial charge in [-0.15, -0.1) is 0 Å². The molecule has 0 atom stereocenters. The second-order valence-electron chi connectivity index (χ2n) is 4.13. The Labute approximate surface area is 104 Å². The minimum atomic E-state index is -0.458. The predicted molar refractivity (Wildman–Crippen MR) is 63.3 cm³/mol. The SMILES string of the molecule is O=C1CN(C(=O)c2cc(O)ccc2O)CCCN1. The third-order valence-electron chi connectivity index (χ3n) is 2.76. The topological polar surface area (TPSA) is 89.9 Å². The number of amides is 2. The smallest absolute Gasteiger partial charge is 0.258 e. The lowest BCUT2D eigenvalue weighted by atomic mass is 10.1. The quantitative estimate of drug-likeness (QED) is 0.615. The van der Waals surface area contributed by atoms with Crippen molar-refractivity contribution < 1.29 is 19.8 Å². The molecule has 1 aromatic carbocycles. The number of aromatic hydroxyl groups is 2. The molecule has 2 rings (SSSR count). The number of carbonyl (C=O) groups is 2. The van der Waals surface area contributed by atoms with Gasteiger partial charge in [-0.3, -0.25) is 9.59 Å². The molecule has 0 bridgehead atoms. The van der Waals surface area contributed by atoms with Gasteiger partial charge in [0, 0.05) is 13.1 Å². The van der Waals surface area contributed by atoms with Gasteiger partial charge in [0.25, 0.3) is 5.91 Å². The van der Waals surface area contributed by atoms with Crippen LogP contribution in [0.5, 0.6) is 11.5 Å². The van der Waals surface area contributed by atoms with Crippen molar-refractivity contribution in [1.29, 1.82) is 0 Å². The zero-order chi connectivity index (χ0) is 13.1. The van der Waals surface area contributed by atoms with Crippen molar-refractivity contribution in [2.45, 2.75) is 6.42 Å². The van der Waals surface area contributed by atoms with Crippen LogP contribution in [0.15, 0.2) is 18.2 Å². The molecule has 6 nitrogen and oxygen atoms in total. The van der Waals surface area contributed by atoms with Crippen LogP contribution >= 0.6 is 0 Å². The average Bonchev–Trinajstić information content (AvgIpc) is 2.56. The Hall–Kier alpha value is -2.24. The molecule has 0 radical (unpaired) electrons. The van der Waals surface area contributed by atoms with Gasteiger partial charge in [0.1, 0.15) is 11.5 Å². The third-order valence-corrected chi connectivity index (χ3v) is 2.76. The Morgan fingerprint density at radius 1 is 1.33 bits per heavy atom. The number of nitrogens with one attached hydrogen (secondary N) is 1. The van der Waals surface area contributed by atoms with E-state index in [2.05, 4.69) is 5.32 Å². The maximum Gasteiger partial charge on any atom is 0.258 e. The van der Waals surface area contributed by atoms with Crippen molar-refractivity contribution in [3.63, 3.8) is 0 Å². The van der Waals surface area contributed by atoms with Crippen LogP contribution in [-0.4, -0.2) is 46.6 Å². The van der Waals surface area contributed by atoms with Crippen LogP contribution in [0, 0.1) is 0 Å². The molecule has 6 heteroatoms. The van der Waals surface area contributed by atoms with Crippen LogP contribution in [0.25, 0.3) is 0 Å². The molecule has 2 amide bonds. The molecular formula is C12H14N2O4. The van der Waals surface area contributed by atoms with Gasteiger partial charge in [-0.2, -0.15) is 0 Å². The zero-order valence-corrected chi connectivity index (χ0v) is 9.72. The first-order valence-electron chi connectivity index (χ1n) is 5.66. The minimum absolute atomic E-state index is 0.00435. The zero-order valence-electron chi connectivity index (χ0n) is 9.72. The van der Waals surface area contributed by atoms with Gasteiger partial charge in [0.05, 0.1) is 12.1 Å². The first-order chi connectivity index (χ1) is 8.58. The van der Waals surface area contributed by atoms with Crippen LogP contribution in [0.1, 0.15) is 16.8 Å². The Morgan fingerprint density at radius 2 is 2.11 bits per heavy atom. The predicted octanol–water partition coefficient (Wildman–Crippen LogP) is 0.0599. The molecule has 1 fully saturated rings. The Bertz CT molecular complexity index is 487. The molecule has 1 aliphatic heterocycles. The van der Waals surface area contributed by atoms with E-state index in [1.165, 1.54) is 23.1 Å². The number of nitrogens with zero attached hydrogens (tertiary/aromatic N) is 1. The van der Waals surface area contributed by atoms with Crippen molar-refractivity contribution in [1.82, 2.24) is 10.2 Å². The molecule has 0 aliphatic carbocycles. The van der Waals surface area contributed by atoms with Crippen LogP contribution in [-0.2, 0) is 4.79 Å². The summed E-state index contributed by atoms with van der Waals surface area (Å²) in [6.45, 7) is 0.940.